The van der Waals surface area contributed by atoms with E-state index in [-0.39, 0.29) is 11.4 Å². The molecule has 1 atom stereocenters. The van der Waals surface area contributed by atoms with E-state index in [4.69, 9.17) is 0 Å². The third kappa shape index (κ3) is 4.36. The number of hydrogen-bond donors (Lipinski definition) is 2. The van der Waals surface area contributed by atoms with Crippen LogP contribution in [0.1, 0.15) is 21.6 Å². The third-order valence-corrected chi connectivity index (χ3v) is 3.67. The van der Waals surface area contributed by atoms with Crippen molar-refractivity contribution in [2.45, 2.75) is 25.7 Å². The predicted octanol–water partition coefficient (Wildman–Crippen LogP) is 2.97. The Morgan fingerprint density at radius 1 is 1.07 bits per heavy atom. The van der Waals surface area contributed by atoms with Crippen LogP contribution in [0, 0.1) is 13.8 Å². The summed E-state index contributed by atoms with van der Waals surface area (Å²) in [4.78, 5) is 28.5. The molecule has 0 aliphatic carbocycles. The van der Waals surface area contributed by atoms with E-state index in [0.717, 1.165) is 7.11 Å². The Morgan fingerprint density at radius 2 is 1.70 bits per heavy atom. The lowest BCUT2D eigenvalue weighted by Gasteiger charge is -2.34. The van der Waals surface area contributed by atoms with Crippen LogP contribution in [0.5, 0.6) is 0 Å². The quantitative estimate of drug-likeness (QED) is 0.615. The minimum atomic E-state index is -5.22. The second kappa shape index (κ2) is 7.65. The summed E-state index contributed by atoms with van der Waals surface area (Å²) >= 11 is 0. The van der Waals surface area contributed by atoms with Gasteiger partial charge in [0.05, 0.1) is 7.11 Å². The first-order valence-electron chi connectivity index (χ1n) is 7.85. The van der Waals surface area contributed by atoms with Crippen LogP contribution in [0.3, 0.4) is 0 Å². The van der Waals surface area contributed by atoms with Crippen molar-refractivity contribution < 1.29 is 27.5 Å². The Bertz CT molecular complexity index is 820. The average molecular weight is 381 g/mol. The summed E-state index contributed by atoms with van der Waals surface area (Å²) in [5, 5.41) is 3.76. The zero-order chi connectivity index (χ0) is 20.2. The van der Waals surface area contributed by atoms with Crippen LogP contribution in [-0.2, 0) is 9.53 Å². The number of anilines is 1. The first kappa shape index (κ1) is 20.2. The number of nitrogens with one attached hydrogen (secondary N) is 2. The predicted molar refractivity (Wildman–Crippen MR) is 92.0 cm³/mol. The topological polar surface area (TPSA) is 80.3 Å². The molecule has 1 heterocycles. The van der Waals surface area contributed by atoms with Crippen LogP contribution in [0.25, 0.3) is 0 Å². The Morgan fingerprint density at radius 3 is 2.22 bits per heavy atom. The standard InChI is InChI=1S/C18H18F3N3O3/c1-11-9-12(2)22-14(10-11)23-17(16(26)27-3,18(19,20)21)24-15(25)13-7-5-4-6-8-13/h4-10H,1-3H3,(H,22,23)(H,24,25)/t17-/m1/s1. The molecule has 0 saturated heterocycles. The number of carbonyl (C=O) groups is 2. The minimum Gasteiger partial charge on any atom is -0.466 e. The Labute approximate surface area is 153 Å². The van der Waals surface area contributed by atoms with Crippen molar-refractivity contribution in [1.82, 2.24) is 10.3 Å². The lowest BCUT2D eigenvalue weighted by molar-refractivity contribution is -0.203. The molecule has 1 aromatic heterocycles. The summed E-state index contributed by atoms with van der Waals surface area (Å²) < 4.78 is 46.3. The van der Waals surface area contributed by atoms with E-state index in [0.29, 0.717) is 11.3 Å². The highest BCUT2D eigenvalue weighted by Gasteiger charge is 2.63. The third-order valence-electron chi connectivity index (χ3n) is 3.67. The maximum absolute atomic E-state index is 14.0. The van der Waals surface area contributed by atoms with Gasteiger partial charge in [0.25, 0.3) is 5.91 Å². The summed E-state index contributed by atoms with van der Waals surface area (Å²) in [6, 6.07) is 10.2. The molecule has 0 bridgehead atoms. The van der Waals surface area contributed by atoms with Gasteiger partial charge in [0, 0.05) is 11.3 Å². The van der Waals surface area contributed by atoms with Crippen molar-refractivity contribution in [1.29, 1.82) is 0 Å². The summed E-state index contributed by atoms with van der Waals surface area (Å²) in [6.45, 7) is 3.25. The zero-order valence-electron chi connectivity index (χ0n) is 14.8. The molecule has 9 heteroatoms. The first-order valence-corrected chi connectivity index (χ1v) is 7.85. The lowest BCUT2D eigenvalue weighted by atomic mass is 10.1. The Balaban J connectivity index is 2.52. The summed E-state index contributed by atoms with van der Waals surface area (Å²) in [5.41, 5.74) is -2.50. The van der Waals surface area contributed by atoms with Crippen LogP contribution in [0.2, 0.25) is 0 Å². The lowest BCUT2D eigenvalue weighted by Crippen LogP contribution is -2.69. The van der Waals surface area contributed by atoms with Gasteiger partial charge in [0.2, 0.25) is 0 Å². The number of methoxy groups -OCH3 is 1. The molecule has 2 rings (SSSR count). The number of esters is 1. The summed E-state index contributed by atoms with van der Waals surface area (Å²) in [6.07, 6.45) is -5.22. The van der Waals surface area contributed by atoms with Gasteiger partial charge in [-0.1, -0.05) is 18.2 Å². The normalized spacial score (nSPS) is 13.4. The van der Waals surface area contributed by atoms with E-state index in [9.17, 15) is 22.8 Å². The van der Waals surface area contributed by atoms with Crippen LogP contribution < -0.4 is 10.6 Å². The second-order valence-corrected chi connectivity index (χ2v) is 5.86. The van der Waals surface area contributed by atoms with Crippen molar-refractivity contribution >= 4 is 17.7 Å². The van der Waals surface area contributed by atoms with Crippen molar-refractivity contribution in [3.8, 4) is 0 Å². The maximum Gasteiger partial charge on any atom is 0.441 e. The molecule has 0 aliphatic heterocycles. The van der Waals surface area contributed by atoms with E-state index in [1.165, 1.54) is 30.3 Å². The van der Waals surface area contributed by atoms with E-state index in [2.05, 4.69) is 9.72 Å². The van der Waals surface area contributed by atoms with Crippen molar-refractivity contribution in [2.24, 2.45) is 0 Å². The zero-order valence-corrected chi connectivity index (χ0v) is 14.8. The van der Waals surface area contributed by atoms with Crippen molar-refractivity contribution in [3.63, 3.8) is 0 Å². The highest BCUT2D eigenvalue weighted by molar-refractivity contribution is 5.99. The fraction of sp³-hybridized carbons (Fsp3) is 0.278. The number of halogens is 3. The maximum atomic E-state index is 14.0. The van der Waals surface area contributed by atoms with Gasteiger partial charge in [0.15, 0.2) is 0 Å². The minimum absolute atomic E-state index is 0.0507. The number of pyridine rings is 1. The number of alkyl halides is 3. The number of aromatic nitrogens is 1. The number of rotatable bonds is 5. The Hall–Kier alpha value is -3.10. The van der Waals surface area contributed by atoms with Crippen LogP contribution in [0.15, 0.2) is 42.5 Å². The molecular weight excluding hydrogens is 363 g/mol. The molecular formula is C18H18F3N3O3. The SMILES string of the molecule is COC(=O)[C@](NC(=O)c1ccccc1)(Nc1cc(C)cc(C)n1)C(F)(F)F. The monoisotopic (exact) mass is 381 g/mol. The molecule has 0 saturated carbocycles. The molecule has 2 aromatic rings. The average Bonchev–Trinajstić information content (AvgIpc) is 2.59. The molecule has 144 valence electrons. The number of amides is 1. The summed E-state index contributed by atoms with van der Waals surface area (Å²) in [7, 11) is 0.800. The van der Waals surface area contributed by atoms with Crippen molar-refractivity contribution in [3.05, 3.63) is 59.3 Å². The molecule has 0 unspecified atom stereocenters. The molecule has 6 nitrogen and oxygen atoms in total. The smallest absolute Gasteiger partial charge is 0.441 e. The number of hydrogen-bond acceptors (Lipinski definition) is 5. The highest BCUT2D eigenvalue weighted by Crippen LogP contribution is 2.33. The fourth-order valence-electron chi connectivity index (χ4n) is 2.47. The van der Waals surface area contributed by atoms with Gasteiger partial charge in [-0.3, -0.25) is 4.79 Å². The number of carbonyl (C=O) groups excluding carboxylic acids is 2. The fourth-order valence-corrected chi connectivity index (χ4v) is 2.47. The van der Waals surface area contributed by atoms with E-state index >= 15 is 0 Å². The van der Waals surface area contributed by atoms with Crippen molar-refractivity contribution in [2.75, 3.05) is 12.4 Å². The molecule has 1 aromatic carbocycles. The highest BCUT2D eigenvalue weighted by atomic mass is 19.4. The van der Waals surface area contributed by atoms with Gasteiger partial charge < -0.3 is 15.4 Å². The van der Waals surface area contributed by atoms with Crippen LogP contribution in [0.4, 0.5) is 19.0 Å². The van der Waals surface area contributed by atoms with Crippen LogP contribution >= 0.6 is 0 Å². The number of nitrogens with zero attached hydrogens (tertiary/aromatic N) is 1. The number of benzene rings is 1. The largest absolute Gasteiger partial charge is 0.466 e. The van der Waals surface area contributed by atoms with Gasteiger partial charge >= 0.3 is 17.8 Å². The Kier molecular flexibility index (Phi) is 5.72. The molecule has 0 spiro atoms. The second-order valence-electron chi connectivity index (χ2n) is 5.86. The molecule has 0 aliphatic rings. The van der Waals surface area contributed by atoms with Gasteiger partial charge in [-0.25, -0.2) is 9.78 Å². The van der Waals surface area contributed by atoms with Gasteiger partial charge in [-0.2, -0.15) is 13.2 Å². The molecule has 1 amide bonds. The van der Waals surface area contributed by atoms with Crippen LogP contribution in [-0.4, -0.2) is 35.8 Å². The van der Waals surface area contributed by atoms with E-state index in [1.807, 2.05) is 5.32 Å². The number of aryl methyl sites for hydroxylation is 2. The van der Waals surface area contributed by atoms with E-state index in [1.54, 1.807) is 31.3 Å². The molecule has 0 fully saturated rings. The molecule has 0 radical (unpaired) electrons. The summed E-state index contributed by atoms with van der Waals surface area (Å²) in [5.74, 6) is -3.06. The molecule has 2 N–H and O–H groups in total. The van der Waals surface area contributed by atoms with Gasteiger partial charge in [-0.05, 0) is 43.7 Å². The first-order chi connectivity index (χ1) is 12.6. The van der Waals surface area contributed by atoms with Gasteiger partial charge in [-0.15, -0.1) is 0 Å². The van der Waals surface area contributed by atoms with E-state index < -0.39 is 23.7 Å². The van der Waals surface area contributed by atoms with Gasteiger partial charge in [0.1, 0.15) is 5.82 Å². The number of ether oxygens (including phenoxy) is 1. The molecule has 27 heavy (non-hydrogen) atoms.